The second-order valence-electron chi connectivity index (χ2n) is 5.31. The van der Waals surface area contributed by atoms with Gasteiger partial charge >= 0.3 is 10.1 Å². The molecule has 0 aliphatic rings. The van der Waals surface area contributed by atoms with E-state index >= 15 is 0 Å². The van der Waals surface area contributed by atoms with Gasteiger partial charge in [-0.3, -0.25) is 5.10 Å². The van der Waals surface area contributed by atoms with E-state index in [1.165, 1.54) is 24.3 Å². The van der Waals surface area contributed by atoms with Gasteiger partial charge in [-0.05, 0) is 24.3 Å². The quantitative estimate of drug-likeness (QED) is 0.496. The number of imidazole rings is 1. The molecule has 0 radical (unpaired) electrons. The summed E-state index contributed by atoms with van der Waals surface area (Å²) in [6, 6.07) is 13.2. The number of para-hydroxylation sites is 2. The van der Waals surface area contributed by atoms with Gasteiger partial charge in [0.2, 0.25) is 0 Å². The zero-order chi connectivity index (χ0) is 18.3. The Morgan fingerprint density at radius 2 is 1.85 bits per heavy atom. The minimum absolute atomic E-state index is 0.109. The number of nitrogens with one attached hydrogen (secondary N) is 2. The lowest BCUT2D eigenvalue weighted by atomic mass is 10.3. The minimum atomic E-state index is -4.19. The van der Waals surface area contributed by atoms with Crippen LogP contribution in [0.1, 0.15) is 0 Å². The van der Waals surface area contributed by atoms with Crippen molar-refractivity contribution in [2.45, 2.75) is 4.90 Å². The van der Waals surface area contributed by atoms with Gasteiger partial charge in [0.1, 0.15) is 10.6 Å². The molecule has 2 aromatic heterocycles. The van der Waals surface area contributed by atoms with Crippen molar-refractivity contribution < 1.29 is 12.6 Å². The lowest BCUT2D eigenvalue weighted by molar-refractivity contribution is 0.475. The van der Waals surface area contributed by atoms with Crippen LogP contribution in [-0.4, -0.2) is 28.6 Å². The molecular weight excluding hydrogens is 399 g/mol. The zero-order valence-corrected chi connectivity index (χ0v) is 15.2. The largest absolute Gasteiger partial charge is 0.356 e. The fraction of sp³-hybridized carbons (Fsp3) is 0. The number of fused-ring (bicyclic) bond motifs is 1. The smallest absolute Gasteiger partial charge is 0.342 e. The molecule has 4 aromatic rings. The highest BCUT2D eigenvalue weighted by atomic mass is 35.5. The minimum Gasteiger partial charge on any atom is -0.356 e. The van der Waals surface area contributed by atoms with E-state index in [1.807, 2.05) is 24.3 Å². The first-order chi connectivity index (χ1) is 12.4. The number of halogens is 2. The number of hydrogen-bond acceptors (Lipinski definition) is 5. The highest BCUT2D eigenvalue weighted by molar-refractivity contribution is 7.87. The van der Waals surface area contributed by atoms with Crippen molar-refractivity contribution in [1.82, 2.24) is 20.2 Å². The maximum Gasteiger partial charge on any atom is 0.342 e. The number of nitrogens with zero attached hydrogens (tertiary/aromatic N) is 2. The highest BCUT2D eigenvalue weighted by Crippen LogP contribution is 2.31. The first kappa shape index (κ1) is 16.9. The van der Waals surface area contributed by atoms with Gasteiger partial charge < -0.3 is 9.17 Å². The molecule has 0 unspecified atom stereocenters. The monoisotopic (exact) mass is 408 g/mol. The van der Waals surface area contributed by atoms with Gasteiger partial charge in [0.05, 0.1) is 21.1 Å². The Balaban J connectivity index is 1.65. The topological polar surface area (TPSA) is 101 Å². The number of hydrogen-bond donors (Lipinski definition) is 2. The molecule has 4 rings (SSSR count). The van der Waals surface area contributed by atoms with Crippen LogP contribution in [0.2, 0.25) is 10.0 Å². The third kappa shape index (κ3) is 3.03. The molecule has 2 heterocycles. The van der Waals surface area contributed by atoms with E-state index in [2.05, 4.69) is 20.2 Å². The average molecular weight is 409 g/mol. The second kappa shape index (κ2) is 6.31. The predicted molar refractivity (Wildman–Crippen MR) is 98.0 cm³/mol. The molecule has 7 nitrogen and oxygen atoms in total. The Labute approximate surface area is 158 Å². The molecule has 26 heavy (non-hydrogen) atoms. The Bertz CT molecular complexity index is 1180. The van der Waals surface area contributed by atoms with Crippen molar-refractivity contribution in [1.29, 1.82) is 0 Å². The van der Waals surface area contributed by atoms with Crippen molar-refractivity contribution in [3.05, 3.63) is 58.6 Å². The van der Waals surface area contributed by atoms with Crippen LogP contribution in [0.4, 0.5) is 0 Å². The van der Waals surface area contributed by atoms with Gasteiger partial charge in [0.15, 0.2) is 5.82 Å². The summed E-state index contributed by atoms with van der Waals surface area (Å²) in [4.78, 5) is 7.28. The Kier molecular flexibility index (Phi) is 4.10. The lowest BCUT2D eigenvalue weighted by Crippen LogP contribution is -2.10. The highest BCUT2D eigenvalue weighted by Gasteiger charge is 2.23. The van der Waals surface area contributed by atoms with Gasteiger partial charge in [-0.15, -0.1) is 5.10 Å². The normalized spacial score (nSPS) is 11.8. The van der Waals surface area contributed by atoms with E-state index in [0.717, 1.165) is 11.0 Å². The van der Waals surface area contributed by atoms with E-state index in [-0.39, 0.29) is 20.8 Å². The van der Waals surface area contributed by atoms with E-state index in [1.54, 1.807) is 0 Å². The lowest BCUT2D eigenvalue weighted by Gasteiger charge is -2.06. The van der Waals surface area contributed by atoms with Crippen LogP contribution >= 0.6 is 23.2 Å². The number of aromatic amines is 2. The molecule has 132 valence electrons. The van der Waals surface area contributed by atoms with Gasteiger partial charge in [0, 0.05) is 6.07 Å². The van der Waals surface area contributed by atoms with Gasteiger partial charge in [-0.25, -0.2) is 4.98 Å². The summed E-state index contributed by atoms with van der Waals surface area (Å²) in [7, 11) is -4.19. The van der Waals surface area contributed by atoms with Crippen LogP contribution in [0, 0.1) is 0 Å². The average Bonchev–Trinajstić information content (AvgIpc) is 3.23. The SMILES string of the molecule is O=S(=O)(Oc1cc(-c2nc3ccccc3[nH]2)[nH]n1)c1cccc(Cl)c1Cl. The van der Waals surface area contributed by atoms with Gasteiger partial charge in [-0.1, -0.05) is 41.4 Å². The summed E-state index contributed by atoms with van der Waals surface area (Å²) in [6.45, 7) is 0. The van der Waals surface area contributed by atoms with Crippen LogP contribution in [0.5, 0.6) is 5.88 Å². The van der Waals surface area contributed by atoms with Crippen molar-refractivity contribution in [3.8, 4) is 17.4 Å². The summed E-state index contributed by atoms with van der Waals surface area (Å²) >= 11 is 11.8. The summed E-state index contributed by atoms with van der Waals surface area (Å²) < 4.78 is 29.9. The first-order valence-corrected chi connectivity index (χ1v) is 9.49. The van der Waals surface area contributed by atoms with Crippen LogP contribution in [0.25, 0.3) is 22.6 Å². The number of aromatic nitrogens is 4. The molecule has 0 aliphatic heterocycles. The Morgan fingerprint density at radius 1 is 1.04 bits per heavy atom. The third-order valence-electron chi connectivity index (χ3n) is 3.58. The van der Waals surface area contributed by atoms with Crippen molar-refractivity contribution in [2.75, 3.05) is 0 Å². The standard InChI is InChI=1S/C16H10Cl2N4O3S/c17-9-4-3-7-13(15(9)18)26(23,24)25-14-8-12(21-22-14)16-19-10-5-1-2-6-11(10)20-16/h1-8H,(H,19,20)(H,21,22). The molecule has 0 fully saturated rings. The van der Waals surface area contributed by atoms with Crippen LogP contribution < -0.4 is 4.18 Å². The molecule has 0 amide bonds. The van der Waals surface area contributed by atoms with Crippen molar-refractivity contribution in [3.63, 3.8) is 0 Å². The number of benzene rings is 2. The molecule has 2 aromatic carbocycles. The molecular formula is C16H10Cl2N4O3S. The van der Waals surface area contributed by atoms with Crippen LogP contribution in [0.15, 0.2) is 53.4 Å². The summed E-state index contributed by atoms with van der Waals surface area (Å²) in [5.74, 6) is 0.364. The Morgan fingerprint density at radius 3 is 2.65 bits per heavy atom. The summed E-state index contributed by atoms with van der Waals surface area (Å²) in [5.41, 5.74) is 2.10. The molecule has 0 aliphatic carbocycles. The zero-order valence-electron chi connectivity index (χ0n) is 12.9. The predicted octanol–water partition coefficient (Wildman–Crippen LogP) is 4.03. The maximum atomic E-state index is 12.4. The van der Waals surface area contributed by atoms with Gasteiger partial charge in [0.25, 0.3) is 5.88 Å². The van der Waals surface area contributed by atoms with E-state index in [0.29, 0.717) is 11.5 Å². The molecule has 0 spiro atoms. The van der Waals surface area contributed by atoms with Crippen LogP contribution in [-0.2, 0) is 10.1 Å². The molecule has 0 atom stereocenters. The molecule has 10 heteroatoms. The number of rotatable bonds is 4. The van der Waals surface area contributed by atoms with E-state index < -0.39 is 10.1 Å². The van der Waals surface area contributed by atoms with Gasteiger partial charge in [-0.2, -0.15) is 8.42 Å². The molecule has 0 bridgehead atoms. The maximum absolute atomic E-state index is 12.4. The second-order valence-corrected chi connectivity index (χ2v) is 7.61. The first-order valence-electron chi connectivity index (χ1n) is 7.33. The van der Waals surface area contributed by atoms with E-state index in [9.17, 15) is 8.42 Å². The third-order valence-corrected chi connectivity index (χ3v) is 5.78. The number of H-pyrrole nitrogens is 2. The van der Waals surface area contributed by atoms with Crippen molar-refractivity contribution in [2.24, 2.45) is 0 Å². The molecule has 0 saturated carbocycles. The Hall–Kier alpha value is -2.55. The van der Waals surface area contributed by atoms with Crippen molar-refractivity contribution >= 4 is 44.4 Å². The molecule has 2 N–H and O–H groups in total. The fourth-order valence-electron chi connectivity index (χ4n) is 2.38. The summed E-state index contributed by atoms with van der Waals surface area (Å²) in [6.07, 6.45) is 0. The fourth-order valence-corrected chi connectivity index (χ4v) is 4.00. The summed E-state index contributed by atoms with van der Waals surface area (Å²) in [5, 5.41) is 6.56. The van der Waals surface area contributed by atoms with Crippen LogP contribution in [0.3, 0.4) is 0 Å². The van der Waals surface area contributed by atoms with E-state index in [4.69, 9.17) is 27.4 Å². The molecule has 0 saturated heterocycles.